The molecule has 0 saturated heterocycles. The summed E-state index contributed by atoms with van der Waals surface area (Å²) in [7, 11) is 2.57. The van der Waals surface area contributed by atoms with Crippen LogP contribution in [0.15, 0.2) is 34.3 Å². The average molecular weight is 421 g/mol. The number of carboxylic acid groups (broad SMARTS) is 1. The number of carboxylic acids is 1. The van der Waals surface area contributed by atoms with E-state index in [9.17, 15) is 19.5 Å². The maximum Gasteiger partial charge on any atom is 0.331 e. The molecule has 6 heteroatoms. The van der Waals surface area contributed by atoms with Crippen molar-refractivity contribution in [3.8, 4) is 0 Å². The Hall–Kier alpha value is -2.37. The van der Waals surface area contributed by atoms with E-state index >= 15 is 0 Å². The van der Waals surface area contributed by atoms with Gasteiger partial charge in [0.25, 0.3) is 0 Å². The van der Waals surface area contributed by atoms with Crippen molar-refractivity contribution in [1.29, 1.82) is 0 Å². The lowest BCUT2D eigenvalue weighted by molar-refractivity contribution is -0.132. The summed E-state index contributed by atoms with van der Waals surface area (Å²) in [5, 5.41) is 9.55. The summed E-state index contributed by atoms with van der Waals surface area (Å²) in [6, 6.07) is 0. The fourth-order valence-electron chi connectivity index (χ4n) is 3.55. The van der Waals surface area contributed by atoms with Crippen LogP contribution in [0.25, 0.3) is 0 Å². The second kappa shape index (κ2) is 13.8. The number of unbranched alkanes of at least 4 members (excludes halogenated alkanes) is 9. The van der Waals surface area contributed by atoms with Crippen molar-refractivity contribution >= 4 is 17.5 Å². The van der Waals surface area contributed by atoms with Gasteiger partial charge in [0.1, 0.15) is 0 Å². The van der Waals surface area contributed by atoms with Gasteiger partial charge in [-0.3, -0.25) is 9.59 Å². The summed E-state index contributed by atoms with van der Waals surface area (Å²) >= 11 is 0. The van der Waals surface area contributed by atoms with Gasteiger partial charge in [-0.1, -0.05) is 64.7 Å². The quantitative estimate of drug-likeness (QED) is 0.220. The Morgan fingerprint density at radius 1 is 0.833 bits per heavy atom. The maximum atomic E-state index is 12.7. The molecule has 0 spiro atoms. The van der Waals surface area contributed by atoms with Crippen molar-refractivity contribution < 1.29 is 29.0 Å². The SMILES string of the molecule is CCCCCCCCCCCC/C(=C\C1=C(C)C(=O)C(OC)=C(OC)C1=O)C(=O)O. The first-order valence-electron chi connectivity index (χ1n) is 10.9. The monoisotopic (exact) mass is 420 g/mol. The Morgan fingerprint density at radius 2 is 1.30 bits per heavy atom. The number of methoxy groups -OCH3 is 2. The van der Waals surface area contributed by atoms with Crippen LogP contribution in [0.4, 0.5) is 0 Å². The van der Waals surface area contributed by atoms with Gasteiger partial charge in [0.15, 0.2) is 0 Å². The smallest absolute Gasteiger partial charge is 0.331 e. The van der Waals surface area contributed by atoms with Gasteiger partial charge >= 0.3 is 5.97 Å². The van der Waals surface area contributed by atoms with Gasteiger partial charge in [0.2, 0.25) is 23.1 Å². The predicted octanol–water partition coefficient (Wildman–Crippen LogP) is 5.28. The van der Waals surface area contributed by atoms with Crippen LogP contribution in [-0.2, 0) is 23.9 Å². The number of hydrogen-bond acceptors (Lipinski definition) is 5. The Balaban J connectivity index is 2.64. The van der Waals surface area contributed by atoms with Gasteiger partial charge in [0, 0.05) is 16.7 Å². The molecule has 6 nitrogen and oxygen atoms in total. The van der Waals surface area contributed by atoms with Crippen LogP contribution in [0.2, 0.25) is 0 Å². The van der Waals surface area contributed by atoms with Crippen molar-refractivity contribution in [3.63, 3.8) is 0 Å². The number of rotatable bonds is 15. The fraction of sp³-hybridized carbons (Fsp3) is 0.625. The Labute approximate surface area is 180 Å². The third-order valence-electron chi connectivity index (χ3n) is 5.41. The predicted molar refractivity (Wildman–Crippen MR) is 116 cm³/mol. The van der Waals surface area contributed by atoms with Crippen molar-refractivity contribution in [1.82, 2.24) is 0 Å². The number of ketones is 2. The molecule has 0 atom stereocenters. The van der Waals surface area contributed by atoms with Crippen molar-refractivity contribution in [2.24, 2.45) is 0 Å². The van der Waals surface area contributed by atoms with Gasteiger partial charge in [-0.2, -0.15) is 0 Å². The molecule has 0 aromatic rings. The number of hydrogen-bond donors (Lipinski definition) is 1. The molecule has 1 aliphatic rings. The zero-order valence-electron chi connectivity index (χ0n) is 18.8. The number of aliphatic carboxylic acids is 1. The van der Waals surface area contributed by atoms with E-state index in [1.165, 1.54) is 65.7 Å². The van der Waals surface area contributed by atoms with Gasteiger partial charge in [-0.15, -0.1) is 0 Å². The first kappa shape index (κ1) is 25.7. The van der Waals surface area contributed by atoms with E-state index in [-0.39, 0.29) is 28.2 Å². The molecule has 0 amide bonds. The number of allylic oxidation sites excluding steroid dienone is 3. The lowest BCUT2D eigenvalue weighted by Gasteiger charge is -2.19. The zero-order valence-corrected chi connectivity index (χ0v) is 18.8. The molecule has 0 aliphatic heterocycles. The van der Waals surface area contributed by atoms with E-state index in [1.807, 2.05) is 0 Å². The van der Waals surface area contributed by atoms with Crippen molar-refractivity contribution in [2.45, 2.75) is 84.5 Å². The highest BCUT2D eigenvalue weighted by Crippen LogP contribution is 2.28. The standard InChI is InChI=1S/C24H36O6/c1-5-6-7-8-9-10-11-12-13-14-15-18(24(27)28)16-19-17(2)20(25)22(29-3)23(30-4)21(19)26/h16H,5-15H2,1-4H3,(H,27,28)/b18-16+. The third kappa shape index (κ3) is 7.47. The summed E-state index contributed by atoms with van der Waals surface area (Å²) in [5.41, 5.74) is 0.350. The minimum atomic E-state index is -1.08. The average Bonchev–Trinajstić information content (AvgIpc) is 2.73. The molecule has 0 aromatic carbocycles. The highest BCUT2D eigenvalue weighted by molar-refractivity contribution is 6.24. The molecule has 0 saturated carbocycles. The molecule has 0 unspecified atom stereocenters. The Bertz CT molecular complexity index is 711. The van der Waals surface area contributed by atoms with E-state index in [0.29, 0.717) is 6.42 Å². The van der Waals surface area contributed by atoms with Gasteiger partial charge < -0.3 is 14.6 Å². The first-order valence-corrected chi connectivity index (χ1v) is 10.9. The van der Waals surface area contributed by atoms with Crippen LogP contribution in [0.3, 0.4) is 0 Å². The highest BCUT2D eigenvalue weighted by Gasteiger charge is 2.34. The van der Waals surface area contributed by atoms with E-state index in [0.717, 1.165) is 25.7 Å². The molecule has 168 valence electrons. The lowest BCUT2D eigenvalue weighted by atomic mass is 9.91. The fourth-order valence-corrected chi connectivity index (χ4v) is 3.55. The van der Waals surface area contributed by atoms with E-state index in [2.05, 4.69) is 6.92 Å². The molecule has 0 heterocycles. The molecule has 0 bridgehead atoms. The van der Waals surface area contributed by atoms with Crippen LogP contribution in [0.1, 0.15) is 84.5 Å². The molecular weight excluding hydrogens is 384 g/mol. The largest absolute Gasteiger partial charge is 0.489 e. The van der Waals surface area contributed by atoms with Crippen LogP contribution in [-0.4, -0.2) is 36.9 Å². The lowest BCUT2D eigenvalue weighted by Crippen LogP contribution is -2.24. The molecule has 30 heavy (non-hydrogen) atoms. The topological polar surface area (TPSA) is 89.9 Å². The molecule has 1 rings (SSSR count). The summed E-state index contributed by atoms with van der Waals surface area (Å²) in [5.74, 6) is -2.42. The highest BCUT2D eigenvalue weighted by atomic mass is 16.5. The molecular formula is C24H36O6. The number of ether oxygens (including phenoxy) is 2. The summed E-state index contributed by atoms with van der Waals surface area (Å²) in [4.78, 5) is 36.8. The maximum absolute atomic E-state index is 12.7. The molecule has 0 radical (unpaired) electrons. The number of carbonyl (C=O) groups excluding carboxylic acids is 2. The summed E-state index contributed by atoms with van der Waals surface area (Å²) in [6.45, 7) is 3.71. The van der Waals surface area contributed by atoms with Crippen LogP contribution < -0.4 is 0 Å². The second-order valence-corrected chi connectivity index (χ2v) is 7.67. The molecule has 0 fully saturated rings. The van der Waals surface area contributed by atoms with Crippen LogP contribution in [0.5, 0.6) is 0 Å². The normalized spacial score (nSPS) is 15.1. The summed E-state index contributed by atoms with van der Waals surface area (Å²) in [6.07, 6.45) is 13.3. The van der Waals surface area contributed by atoms with E-state index < -0.39 is 17.5 Å². The molecule has 1 aliphatic carbocycles. The van der Waals surface area contributed by atoms with Gasteiger partial charge in [-0.25, -0.2) is 4.79 Å². The van der Waals surface area contributed by atoms with Crippen molar-refractivity contribution in [3.05, 3.63) is 34.3 Å². The van der Waals surface area contributed by atoms with E-state index in [1.54, 1.807) is 0 Å². The zero-order chi connectivity index (χ0) is 22.5. The number of Topliss-reactive ketones (excluding diaryl/α,β-unsaturated/α-hetero) is 2. The minimum absolute atomic E-state index is 0.0575. The third-order valence-corrected chi connectivity index (χ3v) is 5.41. The van der Waals surface area contributed by atoms with Crippen molar-refractivity contribution in [2.75, 3.05) is 14.2 Å². The Kier molecular flexibility index (Phi) is 11.8. The first-order chi connectivity index (χ1) is 14.4. The second-order valence-electron chi connectivity index (χ2n) is 7.67. The van der Waals surface area contributed by atoms with Gasteiger partial charge in [0.05, 0.1) is 14.2 Å². The summed E-state index contributed by atoms with van der Waals surface area (Å²) < 4.78 is 10.0. The van der Waals surface area contributed by atoms with E-state index in [4.69, 9.17) is 9.47 Å². The molecule has 0 aromatic heterocycles. The van der Waals surface area contributed by atoms with Gasteiger partial charge in [-0.05, 0) is 25.8 Å². The minimum Gasteiger partial charge on any atom is -0.489 e. The van der Waals surface area contributed by atoms with Crippen LogP contribution in [0, 0.1) is 0 Å². The molecule has 1 N–H and O–H groups in total. The Morgan fingerprint density at radius 3 is 1.77 bits per heavy atom. The number of carbonyl (C=O) groups is 3. The van der Waals surface area contributed by atoms with Crippen LogP contribution >= 0.6 is 0 Å².